The molecule has 0 radical (unpaired) electrons. The van der Waals surface area contributed by atoms with Crippen molar-refractivity contribution < 1.29 is 28.9 Å². The molecular weight excluding hydrogens is 520 g/mol. The van der Waals surface area contributed by atoms with Crippen LogP contribution in [0.5, 0.6) is 17.2 Å². The average Bonchev–Trinajstić information content (AvgIpc) is 3.60. The number of likely N-dealkylation sites (tertiary alicyclic amines) is 1. The van der Waals surface area contributed by atoms with Crippen molar-refractivity contribution in [2.75, 3.05) is 31.8 Å². The lowest BCUT2D eigenvalue weighted by molar-refractivity contribution is -0.143. The molecule has 2 N–H and O–H groups in total. The topological polar surface area (TPSA) is 97.3 Å². The molecule has 2 heterocycles. The zero-order valence-corrected chi connectivity index (χ0v) is 23.9. The van der Waals surface area contributed by atoms with E-state index in [0.29, 0.717) is 30.4 Å². The molecular formula is C33H38N2O6. The predicted octanol–water partition coefficient (Wildman–Crippen LogP) is 5.81. The minimum atomic E-state index is -0.912. The molecule has 216 valence electrons. The first kappa shape index (κ1) is 28.5. The number of carboxylic acids is 1. The largest absolute Gasteiger partial charge is 0.494 e. The van der Waals surface area contributed by atoms with Crippen molar-refractivity contribution in [1.29, 1.82) is 0 Å². The van der Waals surface area contributed by atoms with Crippen LogP contribution in [-0.2, 0) is 22.4 Å². The molecule has 0 bridgehead atoms. The zero-order chi connectivity index (χ0) is 28.9. The monoisotopic (exact) mass is 558 g/mol. The lowest BCUT2D eigenvalue weighted by atomic mass is 9.82. The number of nitrogens with one attached hydrogen (secondary N) is 1. The van der Waals surface area contributed by atoms with Crippen molar-refractivity contribution in [3.05, 3.63) is 82.9 Å². The highest BCUT2D eigenvalue weighted by Gasteiger charge is 2.48. The Labute approximate surface area is 241 Å². The van der Waals surface area contributed by atoms with Gasteiger partial charge in [0.25, 0.3) is 0 Å². The smallest absolute Gasteiger partial charge is 0.309 e. The third-order valence-electron chi connectivity index (χ3n) is 7.99. The van der Waals surface area contributed by atoms with Crippen LogP contribution < -0.4 is 19.5 Å². The maximum Gasteiger partial charge on any atom is 0.309 e. The van der Waals surface area contributed by atoms with E-state index >= 15 is 0 Å². The van der Waals surface area contributed by atoms with Gasteiger partial charge in [0.2, 0.25) is 12.7 Å². The van der Waals surface area contributed by atoms with Gasteiger partial charge in [-0.1, -0.05) is 57.2 Å². The number of carbonyl (C=O) groups excluding carboxylic acids is 1. The van der Waals surface area contributed by atoms with Gasteiger partial charge in [-0.25, -0.2) is 0 Å². The third kappa shape index (κ3) is 6.03. The number of rotatable bonds is 11. The standard InChI is InChI=1S/C33H38N2O6/c1-4-15-39-25-12-8-11-24(16-25)32-30(33(37)38)26(23-13-14-27-28(17-23)41-20-40-27)18-35(32)19-29(36)34-31-21(5-2)9-7-10-22(31)6-3/h7-14,16-17,26,30,32H,4-6,15,18-20H2,1-3H3,(H,34,36)(H,37,38)/t26-,30+,32-/m1/s1. The van der Waals surface area contributed by atoms with E-state index in [2.05, 4.69) is 19.2 Å². The molecule has 1 fully saturated rings. The number of carboxylic acid groups (broad SMARTS) is 1. The molecule has 0 aliphatic carbocycles. The summed E-state index contributed by atoms with van der Waals surface area (Å²) in [6.45, 7) is 7.34. The highest BCUT2D eigenvalue weighted by molar-refractivity contribution is 5.94. The molecule has 0 aromatic heterocycles. The first-order valence-corrected chi connectivity index (χ1v) is 14.4. The minimum absolute atomic E-state index is 0.0523. The number of aryl methyl sites for hydroxylation is 2. The Bertz CT molecular complexity index is 1380. The quantitative estimate of drug-likeness (QED) is 0.307. The van der Waals surface area contributed by atoms with Gasteiger partial charge in [-0.15, -0.1) is 0 Å². The van der Waals surface area contributed by atoms with Gasteiger partial charge in [0.1, 0.15) is 5.75 Å². The second-order valence-electron chi connectivity index (χ2n) is 10.6. The van der Waals surface area contributed by atoms with Crippen LogP contribution in [0.1, 0.15) is 61.4 Å². The highest BCUT2D eigenvalue weighted by atomic mass is 16.7. The number of aliphatic carboxylic acids is 1. The Hall–Kier alpha value is -4.04. The fourth-order valence-corrected chi connectivity index (χ4v) is 6.05. The van der Waals surface area contributed by atoms with Crippen molar-refractivity contribution >= 4 is 17.6 Å². The van der Waals surface area contributed by atoms with Crippen LogP contribution in [0.4, 0.5) is 5.69 Å². The summed E-state index contributed by atoms with van der Waals surface area (Å²) in [7, 11) is 0. The molecule has 1 saturated heterocycles. The lowest BCUT2D eigenvalue weighted by Crippen LogP contribution is -2.35. The SMILES string of the molecule is CCCOc1cccc([C@@H]2[C@@H](C(=O)O)[C@@H](c3ccc4c(c3)OCO4)CN2CC(=O)Nc2c(CC)cccc2CC)c1. The number of hydrogen-bond acceptors (Lipinski definition) is 6. The van der Waals surface area contributed by atoms with Gasteiger partial charge < -0.3 is 24.6 Å². The number of fused-ring (bicyclic) bond motifs is 1. The van der Waals surface area contributed by atoms with Gasteiger partial charge >= 0.3 is 5.97 Å². The van der Waals surface area contributed by atoms with E-state index in [4.69, 9.17) is 14.2 Å². The summed E-state index contributed by atoms with van der Waals surface area (Å²) in [5, 5.41) is 13.8. The van der Waals surface area contributed by atoms with Crippen molar-refractivity contribution in [1.82, 2.24) is 4.90 Å². The van der Waals surface area contributed by atoms with Crippen LogP contribution in [0.2, 0.25) is 0 Å². The van der Waals surface area contributed by atoms with E-state index in [0.717, 1.165) is 47.2 Å². The Morgan fingerprint density at radius 3 is 2.39 bits per heavy atom. The van der Waals surface area contributed by atoms with E-state index in [1.807, 2.05) is 72.5 Å². The molecule has 0 spiro atoms. The fraction of sp³-hybridized carbons (Fsp3) is 0.394. The molecule has 3 atom stereocenters. The van der Waals surface area contributed by atoms with Crippen molar-refractivity contribution in [3.8, 4) is 17.2 Å². The molecule has 41 heavy (non-hydrogen) atoms. The summed E-state index contributed by atoms with van der Waals surface area (Å²) in [6, 6.07) is 18.7. The number of hydrogen-bond donors (Lipinski definition) is 2. The molecule has 1 amide bonds. The number of carbonyl (C=O) groups is 2. The van der Waals surface area contributed by atoms with Crippen LogP contribution in [0, 0.1) is 5.92 Å². The number of para-hydroxylation sites is 1. The van der Waals surface area contributed by atoms with E-state index in [1.165, 1.54) is 0 Å². The highest BCUT2D eigenvalue weighted by Crippen LogP contribution is 2.48. The van der Waals surface area contributed by atoms with Gasteiger partial charge in [0.05, 0.1) is 19.1 Å². The normalized spacial score (nSPS) is 19.7. The van der Waals surface area contributed by atoms with E-state index in [1.54, 1.807) is 0 Å². The summed E-state index contributed by atoms with van der Waals surface area (Å²) < 4.78 is 17.0. The van der Waals surface area contributed by atoms with Gasteiger partial charge in [0.15, 0.2) is 11.5 Å². The minimum Gasteiger partial charge on any atom is -0.494 e. The van der Waals surface area contributed by atoms with Crippen molar-refractivity contribution in [2.24, 2.45) is 5.92 Å². The molecule has 0 unspecified atom stereocenters. The molecule has 8 heteroatoms. The summed E-state index contributed by atoms with van der Waals surface area (Å²) >= 11 is 0. The molecule has 3 aromatic carbocycles. The molecule has 8 nitrogen and oxygen atoms in total. The van der Waals surface area contributed by atoms with Gasteiger partial charge in [-0.05, 0) is 65.8 Å². The molecule has 2 aliphatic heterocycles. The van der Waals surface area contributed by atoms with Crippen molar-refractivity contribution in [2.45, 2.75) is 52.0 Å². The summed E-state index contributed by atoms with van der Waals surface area (Å²) in [4.78, 5) is 28.5. The van der Waals surface area contributed by atoms with Crippen LogP contribution in [0.15, 0.2) is 60.7 Å². The molecule has 5 rings (SSSR count). The van der Waals surface area contributed by atoms with Crippen LogP contribution in [0.25, 0.3) is 0 Å². The van der Waals surface area contributed by atoms with E-state index < -0.39 is 17.9 Å². The lowest BCUT2D eigenvalue weighted by Gasteiger charge is -2.27. The maximum atomic E-state index is 13.6. The van der Waals surface area contributed by atoms with Crippen LogP contribution in [-0.4, -0.2) is 48.4 Å². The average molecular weight is 559 g/mol. The number of anilines is 1. The molecule has 0 saturated carbocycles. The summed E-state index contributed by atoms with van der Waals surface area (Å²) in [6.07, 6.45) is 2.46. The number of benzene rings is 3. The Kier molecular flexibility index (Phi) is 8.78. The third-order valence-corrected chi connectivity index (χ3v) is 7.99. The molecule has 2 aliphatic rings. The van der Waals surface area contributed by atoms with Gasteiger partial charge in [-0.2, -0.15) is 0 Å². The van der Waals surface area contributed by atoms with Crippen molar-refractivity contribution in [3.63, 3.8) is 0 Å². The number of ether oxygens (including phenoxy) is 3. The predicted molar refractivity (Wildman–Crippen MR) is 157 cm³/mol. The number of amides is 1. The summed E-state index contributed by atoms with van der Waals surface area (Å²) in [5.74, 6) is -0.294. The van der Waals surface area contributed by atoms with E-state index in [-0.39, 0.29) is 25.2 Å². The Morgan fingerprint density at radius 2 is 1.68 bits per heavy atom. The van der Waals surface area contributed by atoms with Crippen LogP contribution in [0.3, 0.4) is 0 Å². The van der Waals surface area contributed by atoms with E-state index in [9.17, 15) is 14.7 Å². The first-order valence-electron chi connectivity index (χ1n) is 14.4. The summed E-state index contributed by atoms with van der Waals surface area (Å²) in [5.41, 5.74) is 4.68. The second-order valence-corrected chi connectivity index (χ2v) is 10.6. The van der Waals surface area contributed by atoms with Crippen LogP contribution >= 0.6 is 0 Å². The number of nitrogens with zero attached hydrogens (tertiary/aromatic N) is 1. The van der Waals surface area contributed by atoms with Gasteiger partial charge in [-0.3, -0.25) is 14.5 Å². The Balaban J connectivity index is 1.49. The Morgan fingerprint density at radius 1 is 0.951 bits per heavy atom. The second kappa shape index (κ2) is 12.6. The maximum absolute atomic E-state index is 13.6. The first-order chi connectivity index (χ1) is 19.9. The fourth-order valence-electron chi connectivity index (χ4n) is 6.05. The van der Waals surface area contributed by atoms with Gasteiger partial charge in [0, 0.05) is 24.2 Å². The molecule has 3 aromatic rings. The zero-order valence-electron chi connectivity index (χ0n) is 23.9.